The molecule has 0 aromatic heterocycles. The summed E-state index contributed by atoms with van der Waals surface area (Å²) in [6, 6.07) is 9.93. The minimum Gasteiger partial charge on any atom is -0.339 e. The van der Waals surface area contributed by atoms with E-state index in [1.54, 1.807) is 29.2 Å². The van der Waals surface area contributed by atoms with Crippen molar-refractivity contribution in [1.82, 2.24) is 4.90 Å². The number of halogens is 1. The molecule has 27 heavy (non-hydrogen) atoms. The lowest BCUT2D eigenvalue weighted by molar-refractivity contribution is 0.0762. The van der Waals surface area contributed by atoms with Gasteiger partial charge in [-0.05, 0) is 68.3 Å². The van der Waals surface area contributed by atoms with E-state index >= 15 is 0 Å². The second-order valence-electron chi connectivity index (χ2n) is 6.33. The Hall–Kier alpha value is -2.41. The third kappa shape index (κ3) is 5.29. The quantitative estimate of drug-likeness (QED) is 0.732. The van der Waals surface area contributed by atoms with Crippen molar-refractivity contribution in [3.63, 3.8) is 0 Å². The largest absolute Gasteiger partial charge is 0.339 e. The molecule has 0 atom stereocenters. The van der Waals surface area contributed by atoms with Gasteiger partial charge in [0, 0.05) is 24.3 Å². The number of nitrogens with one attached hydrogen (secondary N) is 1. The molecule has 0 saturated carbocycles. The van der Waals surface area contributed by atoms with E-state index in [0.717, 1.165) is 18.9 Å². The molecule has 2 aromatic rings. The second kappa shape index (κ2) is 8.99. The molecule has 0 aliphatic heterocycles. The van der Waals surface area contributed by atoms with Crippen molar-refractivity contribution in [3.05, 3.63) is 59.4 Å². The molecule has 0 fully saturated rings. The molecule has 1 N–H and O–H groups in total. The number of hydrogen-bond acceptors (Lipinski definition) is 3. The summed E-state index contributed by atoms with van der Waals surface area (Å²) < 4.78 is 40.7. The first-order valence-electron chi connectivity index (χ1n) is 8.96. The number of aryl methyl sites for hydroxylation is 1. The molecule has 2 aromatic carbocycles. The van der Waals surface area contributed by atoms with Crippen LogP contribution in [0.5, 0.6) is 0 Å². The Balaban J connectivity index is 2.14. The monoisotopic (exact) mass is 392 g/mol. The third-order valence-corrected chi connectivity index (χ3v) is 5.65. The first-order chi connectivity index (χ1) is 12.8. The Morgan fingerprint density at radius 1 is 1.11 bits per heavy atom. The first-order valence-corrected chi connectivity index (χ1v) is 10.4. The highest BCUT2D eigenvalue weighted by Gasteiger charge is 2.17. The van der Waals surface area contributed by atoms with Crippen LogP contribution in [-0.4, -0.2) is 32.3 Å². The molecule has 0 spiro atoms. The van der Waals surface area contributed by atoms with E-state index < -0.39 is 15.8 Å². The van der Waals surface area contributed by atoms with Gasteiger partial charge >= 0.3 is 0 Å². The minimum absolute atomic E-state index is 0.0155. The fraction of sp³-hybridized carbons (Fsp3) is 0.350. The smallest absolute Gasteiger partial charge is 0.261 e. The van der Waals surface area contributed by atoms with Crippen molar-refractivity contribution in [3.8, 4) is 0 Å². The van der Waals surface area contributed by atoms with E-state index in [1.165, 1.54) is 19.1 Å². The van der Waals surface area contributed by atoms with Crippen LogP contribution in [0.3, 0.4) is 0 Å². The van der Waals surface area contributed by atoms with Gasteiger partial charge in [0.15, 0.2) is 0 Å². The van der Waals surface area contributed by atoms with Gasteiger partial charge in [-0.1, -0.05) is 13.3 Å². The molecule has 0 unspecified atom stereocenters. The van der Waals surface area contributed by atoms with Gasteiger partial charge in [0.05, 0.1) is 4.90 Å². The van der Waals surface area contributed by atoms with E-state index in [-0.39, 0.29) is 16.4 Å². The van der Waals surface area contributed by atoms with Crippen LogP contribution in [0.4, 0.5) is 10.1 Å². The fourth-order valence-corrected chi connectivity index (χ4v) is 3.76. The number of nitrogens with zero attached hydrogens (tertiary/aromatic N) is 1. The highest BCUT2D eigenvalue weighted by molar-refractivity contribution is 7.92. The first kappa shape index (κ1) is 20.9. The topological polar surface area (TPSA) is 66.5 Å². The zero-order valence-corrected chi connectivity index (χ0v) is 16.6. The highest BCUT2D eigenvalue weighted by atomic mass is 32.2. The van der Waals surface area contributed by atoms with E-state index in [2.05, 4.69) is 11.6 Å². The van der Waals surface area contributed by atoms with Gasteiger partial charge in [-0.2, -0.15) is 0 Å². The van der Waals surface area contributed by atoms with E-state index in [9.17, 15) is 17.6 Å². The van der Waals surface area contributed by atoms with E-state index in [1.807, 2.05) is 6.92 Å². The number of rotatable bonds is 8. The Bertz CT molecular complexity index is 896. The summed E-state index contributed by atoms with van der Waals surface area (Å²) >= 11 is 0. The number of anilines is 1. The Morgan fingerprint density at radius 2 is 1.78 bits per heavy atom. The molecular formula is C20H25FN2O3S. The summed E-state index contributed by atoms with van der Waals surface area (Å²) in [5.74, 6) is -0.533. The van der Waals surface area contributed by atoms with E-state index in [0.29, 0.717) is 24.3 Å². The summed E-state index contributed by atoms with van der Waals surface area (Å²) in [7, 11) is -3.83. The molecule has 0 heterocycles. The van der Waals surface area contributed by atoms with Gasteiger partial charge in [-0.3, -0.25) is 9.52 Å². The zero-order chi connectivity index (χ0) is 20.0. The summed E-state index contributed by atoms with van der Waals surface area (Å²) in [4.78, 5) is 14.3. The Labute approximate surface area is 160 Å². The van der Waals surface area contributed by atoms with Crippen LogP contribution in [0.2, 0.25) is 0 Å². The fourth-order valence-electron chi connectivity index (χ4n) is 2.61. The van der Waals surface area contributed by atoms with Gasteiger partial charge in [-0.25, -0.2) is 12.8 Å². The molecule has 2 rings (SSSR count). The van der Waals surface area contributed by atoms with Crippen LogP contribution in [0.25, 0.3) is 0 Å². The summed E-state index contributed by atoms with van der Waals surface area (Å²) in [5, 5.41) is 0. The van der Waals surface area contributed by atoms with Gasteiger partial charge in [-0.15, -0.1) is 0 Å². The summed E-state index contributed by atoms with van der Waals surface area (Å²) in [5.41, 5.74) is 1.10. The van der Waals surface area contributed by atoms with Crippen LogP contribution in [-0.2, 0) is 10.0 Å². The molecule has 0 aliphatic rings. The van der Waals surface area contributed by atoms with Crippen molar-refractivity contribution >= 4 is 21.6 Å². The predicted octanol–water partition coefficient (Wildman–Crippen LogP) is 4.20. The Morgan fingerprint density at radius 3 is 2.33 bits per heavy atom. The molecule has 5 nitrogen and oxygen atoms in total. The number of carbonyl (C=O) groups excluding carboxylic acids is 1. The lowest BCUT2D eigenvalue weighted by Gasteiger charge is -2.20. The maximum absolute atomic E-state index is 13.4. The normalized spacial score (nSPS) is 11.3. The second-order valence-corrected chi connectivity index (χ2v) is 8.01. The number of benzene rings is 2. The molecule has 0 bridgehead atoms. The van der Waals surface area contributed by atoms with Crippen LogP contribution >= 0.6 is 0 Å². The van der Waals surface area contributed by atoms with Crippen LogP contribution < -0.4 is 4.72 Å². The standard InChI is InChI=1S/C20H25FN2O3S/c1-4-6-13-23(5-2)20(24)16-7-9-17(10-8-16)22-27(25,26)18-11-12-19(21)15(3)14-18/h7-12,14,22H,4-6,13H2,1-3H3. The molecule has 0 aliphatic carbocycles. The van der Waals surface area contributed by atoms with E-state index in [4.69, 9.17) is 0 Å². The number of carbonyl (C=O) groups is 1. The maximum atomic E-state index is 13.4. The van der Waals surface area contributed by atoms with Crippen LogP contribution in [0.15, 0.2) is 47.4 Å². The number of hydrogen-bond donors (Lipinski definition) is 1. The highest BCUT2D eigenvalue weighted by Crippen LogP contribution is 2.19. The molecule has 0 saturated heterocycles. The maximum Gasteiger partial charge on any atom is 0.261 e. The lowest BCUT2D eigenvalue weighted by Crippen LogP contribution is -2.31. The Kier molecular flexibility index (Phi) is 6.96. The average molecular weight is 392 g/mol. The molecular weight excluding hydrogens is 367 g/mol. The van der Waals surface area contributed by atoms with Gasteiger partial charge in [0.25, 0.3) is 15.9 Å². The van der Waals surface area contributed by atoms with Gasteiger partial charge < -0.3 is 4.90 Å². The van der Waals surface area contributed by atoms with Crippen LogP contribution in [0, 0.1) is 12.7 Å². The molecule has 146 valence electrons. The molecule has 0 radical (unpaired) electrons. The number of amides is 1. The zero-order valence-electron chi connectivity index (χ0n) is 15.8. The minimum atomic E-state index is -3.83. The SMILES string of the molecule is CCCCN(CC)C(=O)c1ccc(NS(=O)(=O)c2ccc(F)c(C)c2)cc1. The average Bonchev–Trinajstić information content (AvgIpc) is 2.64. The summed E-state index contributed by atoms with van der Waals surface area (Å²) in [6.45, 7) is 6.83. The lowest BCUT2D eigenvalue weighted by atomic mass is 10.1. The van der Waals surface area contributed by atoms with Crippen molar-refractivity contribution in [1.29, 1.82) is 0 Å². The van der Waals surface area contributed by atoms with Crippen molar-refractivity contribution < 1.29 is 17.6 Å². The third-order valence-electron chi connectivity index (χ3n) is 4.27. The molecule has 1 amide bonds. The summed E-state index contributed by atoms with van der Waals surface area (Å²) in [6.07, 6.45) is 1.95. The van der Waals surface area contributed by atoms with Crippen molar-refractivity contribution in [2.75, 3.05) is 17.8 Å². The van der Waals surface area contributed by atoms with Crippen molar-refractivity contribution in [2.24, 2.45) is 0 Å². The van der Waals surface area contributed by atoms with Gasteiger partial charge in [0.2, 0.25) is 0 Å². The van der Waals surface area contributed by atoms with Gasteiger partial charge in [0.1, 0.15) is 5.82 Å². The number of unbranched alkanes of at least 4 members (excludes halogenated alkanes) is 1. The number of sulfonamides is 1. The molecule has 7 heteroatoms. The van der Waals surface area contributed by atoms with Crippen LogP contribution in [0.1, 0.15) is 42.6 Å². The van der Waals surface area contributed by atoms with Crippen molar-refractivity contribution in [2.45, 2.75) is 38.5 Å². The predicted molar refractivity (Wildman–Crippen MR) is 105 cm³/mol.